The molecular weight excluding hydrogens is 395 g/mol. The van der Waals surface area contributed by atoms with E-state index >= 15 is 0 Å². The summed E-state index contributed by atoms with van der Waals surface area (Å²) in [5, 5.41) is 2.69. The maximum absolute atomic E-state index is 12.0. The number of aryl methyl sites for hydroxylation is 1. The van der Waals surface area contributed by atoms with E-state index in [0.717, 1.165) is 9.13 Å². The Morgan fingerprint density at radius 2 is 1.91 bits per heavy atom. The second kappa shape index (κ2) is 7.26. The van der Waals surface area contributed by atoms with Crippen LogP contribution in [0, 0.1) is 10.5 Å². The number of nitrogen functional groups attached to an aromatic ring is 1. The molecule has 22 heavy (non-hydrogen) atoms. The molecule has 0 unspecified atom stereocenters. The van der Waals surface area contributed by atoms with Crippen molar-refractivity contribution in [2.45, 2.75) is 6.92 Å². The van der Waals surface area contributed by atoms with Gasteiger partial charge >= 0.3 is 5.97 Å². The predicted octanol–water partition coefficient (Wildman–Crippen LogP) is 2.98. The van der Waals surface area contributed by atoms with Crippen LogP contribution in [0.25, 0.3) is 0 Å². The first-order chi connectivity index (χ1) is 10.5. The molecule has 114 valence electrons. The van der Waals surface area contributed by atoms with Crippen LogP contribution >= 0.6 is 22.6 Å². The smallest absolute Gasteiger partial charge is 0.340 e. The summed E-state index contributed by atoms with van der Waals surface area (Å²) < 4.78 is 5.91. The van der Waals surface area contributed by atoms with E-state index in [1.807, 2.05) is 18.2 Å². The summed E-state index contributed by atoms with van der Waals surface area (Å²) >= 11 is 2.11. The van der Waals surface area contributed by atoms with Gasteiger partial charge in [-0.15, -0.1) is 0 Å². The zero-order valence-corrected chi connectivity index (χ0v) is 14.1. The van der Waals surface area contributed by atoms with Crippen LogP contribution in [0.3, 0.4) is 0 Å². The lowest BCUT2D eigenvalue weighted by atomic mass is 10.1. The normalized spacial score (nSPS) is 10.1. The molecule has 3 N–H and O–H groups in total. The number of esters is 1. The summed E-state index contributed by atoms with van der Waals surface area (Å²) in [6, 6.07) is 12.4. The predicted molar refractivity (Wildman–Crippen MR) is 93.7 cm³/mol. The number of rotatable bonds is 4. The number of amides is 1. The van der Waals surface area contributed by atoms with Crippen molar-refractivity contribution < 1.29 is 14.3 Å². The molecule has 1 amide bonds. The topological polar surface area (TPSA) is 81.4 Å². The highest BCUT2D eigenvalue weighted by atomic mass is 127. The molecular formula is C16H15IN2O3. The van der Waals surface area contributed by atoms with Gasteiger partial charge in [0.2, 0.25) is 0 Å². The molecule has 0 fully saturated rings. The summed E-state index contributed by atoms with van der Waals surface area (Å²) in [5.41, 5.74) is 7.93. The molecule has 6 heteroatoms. The van der Waals surface area contributed by atoms with Gasteiger partial charge in [-0.05, 0) is 53.3 Å². The van der Waals surface area contributed by atoms with Crippen LogP contribution in [0.4, 0.5) is 11.4 Å². The summed E-state index contributed by atoms with van der Waals surface area (Å²) in [7, 11) is 0. The number of hydrogen-bond donors (Lipinski definition) is 2. The van der Waals surface area contributed by atoms with E-state index in [9.17, 15) is 9.59 Å². The van der Waals surface area contributed by atoms with Crippen LogP contribution in [0.2, 0.25) is 0 Å². The van der Waals surface area contributed by atoms with Crippen molar-refractivity contribution in [3.05, 3.63) is 57.2 Å². The third-order valence-corrected chi connectivity index (χ3v) is 3.97. The Kier molecular flexibility index (Phi) is 5.37. The highest BCUT2D eigenvalue weighted by molar-refractivity contribution is 14.1. The van der Waals surface area contributed by atoms with Crippen LogP contribution in [-0.2, 0) is 9.53 Å². The number of carbonyl (C=O) groups excluding carboxylic acids is 2. The molecule has 2 aromatic carbocycles. The molecule has 0 aliphatic heterocycles. The lowest BCUT2D eigenvalue weighted by Gasteiger charge is -2.10. The minimum absolute atomic E-state index is 0.266. The zero-order chi connectivity index (χ0) is 16.1. The minimum Gasteiger partial charge on any atom is -0.452 e. The first-order valence-corrected chi connectivity index (χ1v) is 7.63. The average molecular weight is 410 g/mol. The van der Waals surface area contributed by atoms with Crippen molar-refractivity contribution in [2.24, 2.45) is 0 Å². The lowest BCUT2D eigenvalue weighted by molar-refractivity contribution is -0.119. The first kappa shape index (κ1) is 16.3. The second-order valence-corrected chi connectivity index (χ2v) is 5.80. The van der Waals surface area contributed by atoms with Gasteiger partial charge in [0.25, 0.3) is 5.91 Å². The van der Waals surface area contributed by atoms with Gasteiger partial charge in [-0.1, -0.05) is 24.3 Å². The monoisotopic (exact) mass is 410 g/mol. The Morgan fingerprint density at radius 3 is 2.64 bits per heavy atom. The highest BCUT2D eigenvalue weighted by Crippen LogP contribution is 2.18. The Balaban J connectivity index is 1.95. The van der Waals surface area contributed by atoms with E-state index in [1.54, 1.807) is 31.2 Å². The van der Waals surface area contributed by atoms with Gasteiger partial charge in [0.1, 0.15) is 0 Å². The SMILES string of the molecule is Cc1cccc(C(=O)OCC(=O)Nc2ccccc2I)c1N. The van der Waals surface area contributed by atoms with Gasteiger partial charge in [-0.3, -0.25) is 4.79 Å². The number of nitrogens with two attached hydrogens (primary N) is 1. The van der Waals surface area contributed by atoms with Gasteiger partial charge in [0.15, 0.2) is 6.61 Å². The number of halogens is 1. The maximum Gasteiger partial charge on any atom is 0.340 e. The molecule has 0 saturated heterocycles. The quantitative estimate of drug-likeness (QED) is 0.462. The molecule has 0 radical (unpaired) electrons. The number of carbonyl (C=O) groups is 2. The van der Waals surface area contributed by atoms with Gasteiger partial charge in [0.05, 0.1) is 11.3 Å². The van der Waals surface area contributed by atoms with E-state index in [2.05, 4.69) is 27.9 Å². The van der Waals surface area contributed by atoms with E-state index in [1.165, 1.54) is 0 Å². The maximum atomic E-state index is 12.0. The fraction of sp³-hybridized carbons (Fsp3) is 0.125. The van der Waals surface area contributed by atoms with Crippen LogP contribution in [-0.4, -0.2) is 18.5 Å². The van der Waals surface area contributed by atoms with Crippen LogP contribution in [0.5, 0.6) is 0 Å². The molecule has 0 aromatic heterocycles. The van der Waals surface area contributed by atoms with E-state index in [0.29, 0.717) is 11.4 Å². The number of nitrogens with one attached hydrogen (secondary N) is 1. The highest BCUT2D eigenvalue weighted by Gasteiger charge is 2.14. The standard InChI is InChI=1S/C16H15IN2O3/c1-10-5-4-6-11(15(10)18)16(21)22-9-14(20)19-13-8-3-2-7-12(13)17/h2-8H,9,18H2,1H3,(H,19,20). The van der Waals surface area contributed by atoms with Gasteiger partial charge in [-0.25, -0.2) is 4.79 Å². The molecule has 0 heterocycles. The zero-order valence-electron chi connectivity index (χ0n) is 11.9. The van der Waals surface area contributed by atoms with Gasteiger partial charge in [0, 0.05) is 9.26 Å². The average Bonchev–Trinajstić information content (AvgIpc) is 2.50. The van der Waals surface area contributed by atoms with E-state index in [4.69, 9.17) is 10.5 Å². The summed E-state index contributed by atoms with van der Waals surface area (Å²) in [6.45, 7) is 1.44. The molecule has 0 spiro atoms. The molecule has 0 aliphatic carbocycles. The Morgan fingerprint density at radius 1 is 1.18 bits per heavy atom. The molecule has 0 aliphatic rings. The van der Waals surface area contributed by atoms with Crippen molar-refractivity contribution in [1.82, 2.24) is 0 Å². The van der Waals surface area contributed by atoms with Crippen molar-refractivity contribution in [3.63, 3.8) is 0 Å². The molecule has 2 rings (SSSR count). The number of benzene rings is 2. The minimum atomic E-state index is -0.612. The third kappa shape index (κ3) is 3.97. The number of para-hydroxylation sites is 2. The molecule has 0 saturated carbocycles. The van der Waals surface area contributed by atoms with E-state index in [-0.39, 0.29) is 12.2 Å². The van der Waals surface area contributed by atoms with Crippen molar-refractivity contribution >= 4 is 45.8 Å². The van der Waals surface area contributed by atoms with Crippen LogP contribution in [0.1, 0.15) is 15.9 Å². The Bertz CT molecular complexity index is 716. The number of ether oxygens (including phenoxy) is 1. The van der Waals surface area contributed by atoms with Crippen molar-refractivity contribution in [3.8, 4) is 0 Å². The fourth-order valence-electron chi connectivity index (χ4n) is 1.82. The summed E-state index contributed by atoms with van der Waals surface area (Å²) in [5.74, 6) is -1.01. The Labute approximate surface area is 142 Å². The second-order valence-electron chi connectivity index (χ2n) is 4.64. The molecule has 0 bridgehead atoms. The van der Waals surface area contributed by atoms with Gasteiger partial charge < -0.3 is 15.8 Å². The number of anilines is 2. The molecule has 0 atom stereocenters. The van der Waals surface area contributed by atoms with Gasteiger partial charge in [-0.2, -0.15) is 0 Å². The van der Waals surface area contributed by atoms with Crippen molar-refractivity contribution in [2.75, 3.05) is 17.7 Å². The largest absolute Gasteiger partial charge is 0.452 e. The lowest BCUT2D eigenvalue weighted by Crippen LogP contribution is -2.21. The number of hydrogen-bond acceptors (Lipinski definition) is 4. The van der Waals surface area contributed by atoms with Crippen LogP contribution in [0.15, 0.2) is 42.5 Å². The fourth-order valence-corrected chi connectivity index (χ4v) is 2.34. The van der Waals surface area contributed by atoms with Crippen molar-refractivity contribution in [1.29, 1.82) is 0 Å². The third-order valence-electron chi connectivity index (χ3n) is 3.03. The van der Waals surface area contributed by atoms with E-state index < -0.39 is 11.9 Å². The first-order valence-electron chi connectivity index (χ1n) is 6.55. The molecule has 5 nitrogen and oxygen atoms in total. The summed E-state index contributed by atoms with van der Waals surface area (Å²) in [4.78, 5) is 23.8. The molecule has 2 aromatic rings. The Hall–Kier alpha value is -2.09. The van der Waals surface area contributed by atoms with Crippen LogP contribution < -0.4 is 11.1 Å². The summed E-state index contributed by atoms with van der Waals surface area (Å²) in [6.07, 6.45) is 0.